The largest absolute Gasteiger partial charge is 0.497 e. The third-order valence-electron chi connectivity index (χ3n) is 4.17. The van der Waals surface area contributed by atoms with Crippen LogP contribution in [0.2, 0.25) is 0 Å². The number of rotatable bonds is 8. The number of nitrogens with one attached hydrogen (secondary N) is 1. The zero-order valence-corrected chi connectivity index (χ0v) is 16.7. The predicted octanol–water partition coefficient (Wildman–Crippen LogP) is 2.27. The Morgan fingerprint density at radius 1 is 1.07 bits per heavy atom. The van der Waals surface area contributed by atoms with Gasteiger partial charge in [-0.05, 0) is 49.9 Å². The molecule has 0 radical (unpaired) electrons. The highest BCUT2D eigenvalue weighted by Crippen LogP contribution is 2.25. The Balaban J connectivity index is 2.32. The molecule has 0 heterocycles. The number of carbonyl (C=O) groups excluding carboxylic acids is 1. The van der Waals surface area contributed by atoms with Crippen molar-refractivity contribution < 1.29 is 22.7 Å². The van der Waals surface area contributed by atoms with E-state index >= 15 is 0 Å². The summed E-state index contributed by atoms with van der Waals surface area (Å²) in [6.07, 6.45) is 0. The van der Waals surface area contributed by atoms with E-state index in [0.717, 1.165) is 11.3 Å². The van der Waals surface area contributed by atoms with Gasteiger partial charge in [0.25, 0.3) is 5.91 Å². The monoisotopic (exact) mass is 392 g/mol. The van der Waals surface area contributed by atoms with Crippen molar-refractivity contribution in [1.29, 1.82) is 0 Å². The maximum Gasteiger partial charge on any atom is 0.254 e. The van der Waals surface area contributed by atoms with E-state index in [-0.39, 0.29) is 22.1 Å². The molecule has 2 rings (SSSR count). The van der Waals surface area contributed by atoms with Crippen molar-refractivity contribution in [2.24, 2.45) is 0 Å². The van der Waals surface area contributed by atoms with E-state index in [1.807, 2.05) is 31.2 Å². The highest BCUT2D eigenvalue weighted by Gasteiger charge is 2.22. The van der Waals surface area contributed by atoms with Gasteiger partial charge in [0, 0.05) is 18.7 Å². The SMILES string of the molecule is CCN(Cc1ccc(OC)cc1)C(=O)c1ccc(OC)c(S(=O)(=O)NC)c1. The van der Waals surface area contributed by atoms with Crippen LogP contribution in [-0.4, -0.2) is 47.0 Å². The summed E-state index contributed by atoms with van der Waals surface area (Å²) in [6, 6.07) is 11.8. The van der Waals surface area contributed by atoms with Gasteiger partial charge in [-0.2, -0.15) is 0 Å². The summed E-state index contributed by atoms with van der Waals surface area (Å²) in [5.41, 5.74) is 1.22. The lowest BCUT2D eigenvalue weighted by Crippen LogP contribution is -2.30. The summed E-state index contributed by atoms with van der Waals surface area (Å²) in [5, 5.41) is 0. The second-order valence-electron chi connectivity index (χ2n) is 5.74. The van der Waals surface area contributed by atoms with E-state index in [9.17, 15) is 13.2 Å². The minimum Gasteiger partial charge on any atom is -0.497 e. The Morgan fingerprint density at radius 2 is 1.74 bits per heavy atom. The van der Waals surface area contributed by atoms with Gasteiger partial charge in [0.2, 0.25) is 10.0 Å². The molecule has 0 aliphatic rings. The third-order valence-corrected chi connectivity index (χ3v) is 5.61. The van der Waals surface area contributed by atoms with Crippen LogP contribution in [0, 0.1) is 0 Å². The van der Waals surface area contributed by atoms with Crippen molar-refractivity contribution in [3.8, 4) is 11.5 Å². The number of carbonyl (C=O) groups is 1. The van der Waals surface area contributed by atoms with Gasteiger partial charge in [-0.3, -0.25) is 4.79 Å². The fraction of sp³-hybridized carbons (Fsp3) is 0.316. The molecule has 146 valence electrons. The summed E-state index contributed by atoms with van der Waals surface area (Å²) in [6.45, 7) is 2.75. The van der Waals surface area contributed by atoms with Crippen LogP contribution in [-0.2, 0) is 16.6 Å². The number of methoxy groups -OCH3 is 2. The molecule has 7 nitrogen and oxygen atoms in total. The Labute approximate surface area is 160 Å². The Bertz CT molecular complexity index is 895. The van der Waals surface area contributed by atoms with Crippen LogP contribution in [0.1, 0.15) is 22.8 Å². The number of sulfonamides is 1. The van der Waals surface area contributed by atoms with Crippen LogP contribution in [0.25, 0.3) is 0 Å². The summed E-state index contributed by atoms with van der Waals surface area (Å²) < 4.78 is 36.9. The Morgan fingerprint density at radius 3 is 2.26 bits per heavy atom. The van der Waals surface area contributed by atoms with Gasteiger partial charge in [0.15, 0.2) is 0 Å². The molecule has 0 fully saturated rings. The van der Waals surface area contributed by atoms with Gasteiger partial charge in [0.1, 0.15) is 16.4 Å². The van der Waals surface area contributed by atoms with Crippen LogP contribution in [0.4, 0.5) is 0 Å². The van der Waals surface area contributed by atoms with Crippen LogP contribution in [0.5, 0.6) is 11.5 Å². The molecule has 0 bridgehead atoms. The molecule has 8 heteroatoms. The van der Waals surface area contributed by atoms with Crippen LogP contribution < -0.4 is 14.2 Å². The zero-order chi connectivity index (χ0) is 20.0. The molecule has 0 aromatic heterocycles. The second kappa shape index (κ2) is 8.88. The molecule has 1 amide bonds. The van der Waals surface area contributed by atoms with E-state index < -0.39 is 10.0 Å². The summed E-state index contributed by atoms with van der Waals surface area (Å²) in [4.78, 5) is 14.5. The zero-order valence-electron chi connectivity index (χ0n) is 15.9. The van der Waals surface area contributed by atoms with Gasteiger partial charge in [0.05, 0.1) is 14.2 Å². The fourth-order valence-corrected chi connectivity index (χ4v) is 3.51. The topological polar surface area (TPSA) is 84.9 Å². The molecule has 2 aromatic carbocycles. The van der Waals surface area contributed by atoms with Crippen molar-refractivity contribution in [1.82, 2.24) is 9.62 Å². The summed E-state index contributed by atoms with van der Waals surface area (Å²) in [5.74, 6) is 0.660. The van der Waals surface area contributed by atoms with Crippen molar-refractivity contribution in [3.05, 3.63) is 53.6 Å². The van der Waals surface area contributed by atoms with Crippen LogP contribution >= 0.6 is 0 Å². The molecule has 1 N–H and O–H groups in total. The van der Waals surface area contributed by atoms with Crippen molar-refractivity contribution in [2.75, 3.05) is 27.8 Å². The Hall–Kier alpha value is -2.58. The summed E-state index contributed by atoms with van der Waals surface area (Å²) in [7, 11) is 0.532. The minimum absolute atomic E-state index is 0.0705. The summed E-state index contributed by atoms with van der Waals surface area (Å²) >= 11 is 0. The van der Waals surface area contributed by atoms with Crippen molar-refractivity contribution in [3.63, 3.8) is 0 Å². The Kier molecular flexibility index (Phi) is 6.81. The molecule has 0 saturated carbocycles. The molecule has 27 heavy (non-hydrogen) atoms. The van der Waals surface area contributed by atoms with Crippen LogP contribution in [0.3, 0.4) is 0 Å². The number of benzene rings is 2. The molecule has 0 atom stereocenters. The quantitative estimate of drug-likeness (QED) is 0.745. The number of hydrogen-bond acceptors (Lipinski definition) is 5. The third kappa shape index (κ3) is 4.78. The van der Waals surface area contributed by atoms with Gasteiger partial charge < -0.3 is 14.4 Å². The molecular weight excluding hydrogens is 368 g/mol. The molecule has 0 spiro atoms. The number of hydrogen-bond donors (Lipinski definition) is 1. The lowest BCUT2D eigenvalue weighted by atomic mass is 10.1. The lowest BCUT2D eigenvalue weighted by Gasteiger charge is -2.22. The van der Waals surface area contributed by atoms with Gasteiger partial charge in [-0.1, -0.05) is 12.1 Å². The maximum absolute atomic E-state index is 12.9. The standard InChI is InChI=1S/C19H24N2O5S/c1-5-21(13-14-6-9-16(25-3)10-7-14)19(22)15-8-11-17(26-4)18(12-15)27(23,24)20-2/h6-12,20H,5,13H2,1-4H3. The fourth-order valence-electron chi connectivity index (χ4n) is 2.59. The van der Waals surface area contributed by atoms with Gasteiger partial charge >= 0.3 is 0 Å². The van der Waals surface area contributed by atoms with Gasteiger partial charge in [-0.25, -0.2) is 13.1 Å². The van der Waals surface area contributed by atoms with E-state index in [0.29, 0.717) is 13.1 Å². The van der Waals surface area contributed by atoms with Crippen molar-refractivity contribution >= 4 is 15.9 Å². The van der Waals surface area contributed by atoms with E-state index in [1.54, 1.807) is 18.1 Å². The molecule has 0 saturated heterocycles. The van der Waals surface area contributed by atoms with E-state index in [2.05, 4.69) is 4.72 Å². The van der Waals surface area contributed by atoms with E-state index in [1.165, 1.54) is 26.3 Å². The molecule has 0 aliphatic heterocycles. The molecule has 0 unspecified atom stereocenters. The average Bonchev–Trinajstić information content (AvgIpc) is 2.71. The first kappa shape index (κ1) is 20.7. The molecule has 0 aliphatic carbocycles. The molecular formula is C19H24N2O5S. The molecule has 2 aromatic rings. The number of nitrogens with zero attached hydrogens (tertiary/aromatic N) is 1. The predicted molar refractivity (Wildman–Crippen MR) is 103 cm³/mol. The van der Waals surface area contributed by atoms with Gasteiger partial charge in [-0.15, -0.1) is 0 Å². The first-order valence-corrected chi connectivity index (χ1v) is 9.88. The first-order valence-electron chi connectivity index (χ1n) is 8.40. The second-order valence-corrected chi connectivity index (χ2v) is 7.60. The lowest BCUT2D eigenvalue weighted by molar-refractivity contribution is 0.0752. The maximum atomic E-state index is 12.9. The average molecular weight is 392 g/mol. The van der Waals surface area contributed by atoms with Crippen LogP contribution in [0.15, 0.2) is 47.4 Å². The normalized spacial score (nSPS) is 11.1. The number of amides is 1. The highest BCUT2D eigenvalue weighted by atomic mass is 32.2. The number of ether oxygens (including phenoxy) is 2. The smallest absolute Gasteiger partial charge is 0.254 e. The van der Waals surface area contributed by atoms with E-state index in [4.69, 9.17) is 9.47 Å². The highest BCUT2D eigenvalue weighted by molar-refractivity contribution is 7.89. The van der Waals surface area contributed by atoms with Crippen molar-refractivity contribution in [2.45, 2.75) is 18.4 Å². The minimum atomic E-state index is -3.76. The first-order chi connectivity index (χ1) is 12.9.